The number of nitrogens with one attached hydrogen (secondary N) is 1. The highest BCUT2D eigenvalue weighted by molar-refractivity contribution is 7.91. The van der Waals surface area contributed by atoms with Gasteiger partial charge in [-0.3, -0.25) is 4.79 Å². The summed E-state index contributed by atoms with van der Waals surface area (Å²) in [7, 11) is -1.01. The number of carbonyl (C=O) groups excluding carboxylic acids is 1. The van der Waals surface area contributed by atoms with Crippen molar-refractivity contribution in [2.75, 3.05) is 25.3 Å². The summed E-state index contributed by atoms with van der Waals surface area (Å²) in [6.07, 6.45) is -0.272. The van der Waals surface area contributed by atoms with Gasteiger partial charge in [-0.2, -0.15) is 0 Å². The second-order valence-electron chi connectivity index (χ2n) is 7.05. The molecule has 32 heavy (non-hydrogen) atoms. The monoisotopic (exact) mass is 478 g/mol. The number of amides is 1. The number of aromatic nitrogens is 1. The van der Waals surface area contributed by atoms with Gasteiger partial charge < -0.3 is 19.3 Å². The first-order chi connectivity index (χ1) is 15.2. The normalized spacial score (nSPS) is 11.3. The molecule has 0 aliphatic heterocycles. The van der Waals surface area contributed by atoms with Crippen molar-refractivity contribution in [2.45, 2.75) is 25.2 Å². The molecule has 3 rings (SSSR count). The number of anilines is 1. The van der Waals surface area contributed by atoms with Gasteiger partial charge in [-0.15, -0.1) is 0 Å². The minimum atomic E-state index is -3.86. The largest absolute Gasteiger partial charge is 0.495 e. The summed E-state index contributed by atoms with van der Waals surface area (Å²) >= 11 is 5.97. The van der Waals surface area contributed by atoms with Gasteiger partial charge in [0.15, 0.2) is 15.6 Å². The van der Waals surface area contributed by atoms with E-state index in [-0.39, 0.29) is 17.1 Å². The van der Waals surface area contributed by atoms with Gasteiger partial charge in [0.2, 0.25) is 5.91 Å². The molecule has 0 unspecified atom stereocenters. The third kappa shape index (κ3) is 5.05. The van der Waals surface area contributed by atoms with Crippen molar-refractivity contribution in [3.63, 3.8) is 0 Å². The number of ether oxygens (including phenoxy) is 2. The van der Waals surface area contributed by atoms with E-state index in [1.165, 1.54) is 26.4 Å². The zero-order chi connectivity index (χ0) is 23.5. The maximum absolute atomic E-state index is 13.1. The summed E-state index contributed by atoms with van der Waals surface area (Å²) in [5, 5.41) is 6.96. The molecule has 0 saturated carbocycles. The smallest absolute Gasteiger partial charge is 0.225 e. The second kappa shape index (κ2) is 9.62. The Hall–Kier alpha value is -3.04. The molecule has 1 heterocycles. The van der Waals surface area contributed by atoms with Crippen molar-refractivity contribution >= 4 is 33.0 Å². The van der Waals surface area contributed by atoms with E-state index in [4.69, 9.17) is 25.6 Å². The van der Waals surface area contributed by atoms with E-state index in [9.17, 15) is 13.2 Å². The Balaban J connectivity index is 1.82. The van der Waals surface area contributed by atoms with Crippen molar-refractivity contribution in [2.24, 2.45) is 0 Å². The van der Waals surface area contributed by atoms with Gasteiger partial charge in [0.05, 0.1) is 31.4 Å². The topological polar surface area (TPSA) is 108 Å². The molecule has 8 nitrogen and oxygen atoms in total. The van der Waals surface area contributed by atoms with Crippen LogP contribution in [-0.4, -0.2) is 39.5 Å². The maximum Gasteiger partial charge on any atom is 0.225 e. The highest BCUT2D eigenvalue weighted by atomic mass is 35.5. The van der Waals surface area contributed by atoms with Crippen molar-refractivity contribution in [1.29, 1.82) is 0 Å². The fraction of sp³-hybridized carbons (Fsp3) is 0.273. The zero-order valence-corrected chi connectivity index (χ0v) is 19.6. The molecule has 0 atom stereocenters. The Labute approximate surface area is 191 Å². The van der Waals surface area contributed by atoms with E-state index >= 15 is 0 Å². The molecule has 1 aromatic heterocycles. The van der Waals surface area contributed by atoms with Crippen LogP contribution in [0.1, 0.15) is 17.7 Å². The molecule has 0 radical (unpaired) electrons. The van der Waals surface area contributed by atoms with Crippen molar-refractivity contribution in [3.8, 4) is 22.8 Å². The minimum absolute atomic E-state index is 0.0286. The van der Waals surface area contributed by atoms with Crippen LogP contribution in [-0.2, 0) is 14.6 Å². The number of nitrogens with zero attached hydrogens (tertiary/aromatic N) is 1. The van der Waals surface area contributed by atoms with Crippen LogP contribution in [0.25, 0.3) is 11.3 Å². The number of methoxy groups -OCH3 is 2. The molecule has 3 aromatic rings. The van der Waals surface area contributed by atoms with Crippen molar-refractivity contribution in [3.05, 3.63) is 52.7 Å². The van der Waals surface area contributed by atoms with E-state index in [0.717, 1.165) is 5.56 Å². The lowest BCUT2D eigenvalue weighted by Gasteiger charge is -2.12. The second-order valence-corrected chi connectivity index (χ2v) is 9.56. The lowest BCUT2D eigenvalue weighted by atomic mass is 10.1. The van der Waals surface area contributed by atoms with Crippen molar-refractivity contribution in [1.82, 2.24) is 5.16 Å². The van der Waals surface area contributed by atoms with E-state index < -0.39 is 21.5 Å². The average Bonchev–Trinajstić information content (AvgIpc) is 3.10. The fourth-order valence-electron chi connectivity index (χ4n) is 3.07. The standard InChI is InChI=1S/C22H23ClN2O6S/c1-13-14(2)25-31-22(13)15-5-7-19(30-4)20(11-15)32(27,28)10-9-21(26)24-17-12-16(23)6-8-18(17)29-3/h5-8,11-12H,9-10H2,1-4H3,(H,24,26). The van der Waals surface area contributed by atoms with Crippen LogP contribution in [0.15, 0.2) is 45.8 Å². The van der Waals surface area contributed by atoms with E-state index in [0.29, 0.717) is 33.5 Å². The number of carbonyl (C=O) groups is 1. The molecule has 0 aliphatic rings. The lowest BCUT2D eigenvalue weighted by molar-refractivity contribution is -0.115. The van der Waals surface area contributed by atoms with Gasteiger partial charge in [0.25, 0.3) is 0 Å². The predicted octanol–water partition coefficient (Wildman–Crippen LogP) is 4.43. The quantitative estimate of drug-likeness (QED) is 0.510. The summed E-state index contributed by atoms with van der Waals surface area (Å²) in [6.45, 7) is 3.64. The van der Waals surface area contributed by atoms with Crippen LogP contribution in [0.3, 0.4) is 0 Å². The van der Waals surface area contributed by atoms with Crippen LogP contribution in [0.5, 0.6) is 11.5 Å². The van der Waals surface area contributed by atoms with Crippen LogP contribution in [0, 0.1) is 13.8 Å². The van der Waals surface area contributed by atoms with Crippen molar-refractivity contribution < 1.29 is 27.2 Å². The Morgan fingerprint density at radius 3 is 2.41 bits per heavy atom. The first-order valence-electron chi connectivity index (χ1n) is 9.63. The molecule has 0 aliphatic carbocycles. The van der Waals surface area contributed by atoms with E-state index in [1.807, 2.05) is 6.92 Å². The van der Waals surface area contributed by atoms with Gasteiger partial charge in [-0.1, -0.05) is 16.8 Å². The van der Waals surface area contributed by atoms with Crippen LogP contribution in [0.2, 0.25) is 5.02 Å². The predicted molar refractivity (Wildman–Crippen MR) is 121 cm³/mol. The summed E-state index contributed by atoms with van der Waals surface area (Å²) in [5.41, 5.74) is 2.44. The minimum Gasteiger partial charge on any atom is -0.495 e. The molecular formula is C22H23ClN2O6S. The van der Waals surface area contributed by atoms with Gasteiger partial charge in [0.1, 0.15) is 16.4 Å². The summed E-state index contributed by atoms with van der Waals surface area (Å²) in [5.74, 6) is 0.159. The third-order valence-electron chi connectivity index (χ3n) is 4.95. The van der Waals surface area contributed by atoms with Gasteiger partial charge in [-0.05, 0) is 50.2 Å². The average molecular weight is 479 g/mol. The Morgan fingerprint density at radius 2 is 1.78 bits per heavy atom. The van der Waals surface area contributed by atoms with Crippen LogP contribution in [0.4, 0.5) is 5.69 Å². The van der Waals surface area contributed by atoms with Gasteiger partial charge in [0, 0.05) is 22.6 Å². The molecular weight excluding hydrogens is 456 g/mol. The number of rotatable bonds is 8. The van der Waals surface area contributed by atoms with Gasteiger partial charge >= 0.3 is 0 Å². The molecule has 2 aromatic carbocycles. The Kier molecular flexibility index (Phi) is 7.10. The third-order valence-corrected chi connectivity index (χ3v) is 6.92. The molecule has 0 spiro atoms. The van der Waals surface area contributed by atoms with E-state index in [1.54, 1.807) is 31.2 Å². The summed E-state index contributed by atoms with van der Waals surface area (Å²) < 4.78 is 41.9. The van der Waals surface area contributed by atoms with E-state index in [2.05, 4.69) is 10.5 Å². The number of benzene rings is 2. The molecule has 1 amide bonds. The fourth-order valence-corrected chi connectivity index (χ4v) is 4.68. The lowest BCUT2D eigenvalue weighted by Crippen LogP contribution is -2.18. The Morgan fingerprint density at radius 1 is 1.09 bits per heavy atom. The van der Waals surface area contributed by atoms with Crippen LogP contribution < -0.4 is 14.8 Å². The first-order valence-corrected chi connectivity index (χ1v) is 11.7. The number of sulfone groups is 1. The highest BCUT2D eigenvalue weighted by Gasteiger charge is 2.24. The first kappa shape index (κ1) is 23.6. The number of halogens is 1. The molecule has 0 fully saturated rings. The molecule has 0 bridgehead atoms. The Bertz CT molecular complexity index is 1250. The zero-order valence-electron chi connectivity index (χ0n) is 18.1. The number of aryl methyl sites for hydroxylation is 1. The van der Waals surface area contributed by atoms with Gasteiger partial charge in [-0.25, -0.2) is 8.42 Å². The summed E-state index contributed by atoms with van der Waals surface area (Å²) in [4.78, 5) is 12.4. The molecule has 1 N–H and O–H groups in total. The summed E-state index contributed by atoms with van der Waals surface area (Å²) in [6, 6.07) is 9.48. The SMILES string of the molecule is COc1ccc(Cl)cc1NC(=O)CCS(=O)(=O)c1cc(-c2onc(C)c2C)ccc1OC. The van der Waals surface area contributed by atoms with Crippen LogP contribution >= 0.6 is 11.6 Å². The maximum atomic E-state index is 13.1. The number of hydrogen-bond acceptors (Lipinski definition) is 7. The highest BCUT2D eigenvalue weighted by Crippen LogP contribution is 2.33. The number of hydrogen-bond donors (Lipinski definition) is 1. The molecule has 170 valence electrons. The molecule has 10 heteroatoms. The molecule has 0 saturated heterocycles.